The lowest BCUT2D eigenvalue weighted by atomic mass is 9.86. The van der Waals surface area contributed by atoms with Crippen LogP contribution in [0.15, 0.2) is 48.5 Å². The molecule has 0 aliphatic carbocycles. The number of Topliss-reactive ketones (excluding diaryl/α,β-unsaturated/α-hetero) is 2. The van der Waals surface area contributed by atoms with E-state index >= 15 is 0 Å². The molecule has 2 rings (SSSR count). The Morgan fingerprint density at radius 3 is 1.23 bits per heavy atom. The molecule has 194 valence electrons. The summed E-state index contributed by atoms with van der Waals surface area (Å²) < 4.78 is 11.0. The highest BCUT2D eigenvalue weighted by atomic mass is 35.5. The van der Waals surface area contributed by atoms with Crippen molar-refractivity contribution >= 4 is 24.0 Å². The van der Waals surface area contributed by atoms with Gasteiger partial charge in [-0.3, -0.25) is 9.59 Å². The molecule has 2 aromatic carbocycles. The number of nitrogens with zero attached hydrogens (tertiary/aromatic N) is 2. The second kappa shape index (κ2) is 15.6. The first-order valence-electron chi connectivity index (χ1n) is 12.1. The van der Waals surface area contributed by atoms with Gasteiger partial charge in [-0.25, -0.2) is 0 Å². The summed E-state index contributed by atoms with van der Waals surface area (Å²) in [4.78, 5) is 30.8. The Bertz CT molecular complexity index is 823. The minimum absolute atomic E-state index is 0. The average Bonchev–Trinajstić information content (AvgIpc) is 2.81. The first-order valence-corrected chi connectivity index (χ1v) is 12.1. The van der Waals surface area contributed by atoms with Crippen LogP contribution in [0.2, 0.25) is 0 Å². The SMILES string of the molecule is CCOc1ccc(C(=O)C(CCC(CN(C)C)C(=O)c2ccc(OCC)cc2)CN(C)C)cc1.Cl. The molecule has 0 N–H and O–H groups in total. The predicted molar refractivity (Wildman–Crippen MR) is 144 cm³/mol. The molecule has 0 fully saturated rings. The summed E-state index contributed by atoms with van der Waals surface area (Å²) in [7, 11) is 7.89. The first kappa shape index (κ1) is 30.6. The van der Waals surface area contributed by atoms with Gasteiger partial charge in [0.2, 0.25) is 0 Å². The van der Waals surface area contributed by atoms with Gasteiger partial charge in [0.15, 0.2) is 11.6 Å². The van der Waals surface area contributed by atoms with Crippen LogP contribution in [0.3, 0.4) is 0 Å². The minimum Gasteiger partial charge on any atom is -0.494 e. The van der Waals surface area contributed by atoms with E-state index in [1.807, 2.05) is 100 Å². The fourth-order valence-electron chi connectivity index (χ4n) is 4.13. The van der Waals surface area contributed by atoms with E-state index in [9.17, 15) is 9.59 Å². The normalized spacial score (nSPS) is 12.7. The van der Waals surface area contributed by atoms with Gasteiger partial charge in [-0.05, 0) is 103 Å². The van der Waals surface area contributed by atoms with Crippen LogP contribution in [0.5, 0.6) is 11.5 Å². The molecule has 6 nitrogen and oxygen atoms in total. The number of carbonyl (C=O) groups excluding carboxylic acids is 2. The van der Waals surface area contributed by atoms with Crippen molar-refractivity contribution in [1.29, 1.82) is 0 Å². The molecule has 7 heteroatoms. The van der Waals surface area contributed by atoms with E-state index < -0.39 is 0 Å². The lowest BCUT2D eigenvalue weighted by Crippen LogP contribution is -2.32. The third-order valence-corrected chi connectivity index (χ3v) is 5.68. The first-order chi connectivity index (χ1) is 16.2. The van der Waals surface area contributed by atoms with E-state index in [4.69, 9.17) is 9.47 Å². The Morgan fingerprint density at radius 1 is 0.657 bits per heavy atom. The van der Waals surface area contributed by atoms with Gasteiger partial charge in [0.25, 0.3) is 0 Å². The van der Waals surface area contributed by atoms with Gasteiger partial charge < -0.3 is 19.3 Å². The largest absolute Gasteiger partial charge is 0.494 e. The van der Waals surface area contributed by atoms with Gasteiger partial charge >= 0.3 is 0 Å². The maximum Gasteiger partial charge on any atom is 0.167 e. The fourth-order valence-corrected chi connectivity index (χ4v) is 4.13. The van der Waals surface area contributed by atoms with Crippen molar-refractivity contribution in [3.8, 4) is 11.5 Å². The summed E-state index contributed by atoms with van der Waals surface area (Å²) in [6.45, 7) is 6.32. The Labute approximate surface area is 217 Å². The van der Waals surface area contributed by atoms with Crippen molar-refractivity contribution in [2.75, 3.05) is 54.5 Å². The monoisotopic (exact) mass is 504 g/mol. The topological polar surface area (TPSA) is 59.1 Å². The number of ketones is 2. The molecule has 0 saturated carbocycles. The molecule has 0 bridgehead atoms. The maximum absolute atomic E-state index is 13.3. The molecule has 2 atom stereocenters. The Morgan fingerprint density at radius 2 is 0.971 bits per heavy atom. The Balaban J connectivity index is 0.00000612. The lowest BCUT2D eigenvalue weighted by Gasteiger charge is -2.24. The number of hydrogen-bond donors (Lipinski definition) is 0. The van der Waals surface area contributed by atoms with Crippen LogP contribution in [0.25, 0.3) is 0 Å². The maximum atomic E-state index is 13.3. The van der Waals surface area contributed by atoms with Crippen LogP contribution in [-0.2, 0) is 0 Å². The van der Waals surface area contributed by atoms with E-state index in [2.05, 4.69) is 0 Å². The number of benzene rings is 2. The van der Waals surface area contributed by atoms with E-state index in [1.165, 1.54) is 0 Å². The van der Waals surface area contributed by atoms with Crippen LogP contribution in [0.1, 0.15) is 47.4 Å². The number of rotatable bonds is 15. The summed E-state index contributed by atoms with van der Waals surface area (Å²) in [6, 6.07) is 14.7. The summed E-state index contributed by atoms with van der Waals surface area (Å²) in [5, 5.41) is 0. The number of ether oxygens (including phenoxy) is 2. The van der Waals surface area contributed by atoms with Gasteiger partial charge in [-0.15, -0.1) is 12.4 Å². The molecule has 35 heavy (non-hydrogen) atoms. The fraction of sp³-hybridized carbons (Fsp3) is 0.500. The summed E-state index contributed by atoms with van der Waals surface area (Å²) in [5.41, 5.74) is 1.36. The van der Waals surface area contributed by atoms with Gasteiger partial charge in [0, 0.05) is 36.1 Å². The van der Waals surface area contributed by atoms with Crippen LogP contribution in [0, 0.1) is 11.8 Å². The summed E-state index contributed by atoms with van der Waals surface area (Å²) in [5.74, 6) is 1.35. The highest BCUT2D eigenvalue weighted by Crippen LogP contribution is 2.24. The zero-order valence-corrected chi connectivity index (χ0v) is 22.8. The van der Waals surface area contributed by atoms with Crippen LogP contribution in [-0.4, -0.2) is 75.9 Å². The van der Waals surface area contributed by atoms with E-state index in [0.29, 0.717) is 50.3 Å². The van der Waals surface area contributed by atoms with Crippen LogP contribution >= 0.6 is 12.4 Å². The predicted octanol–water partition coefficient (Wildman–Crippen LogP) is 5.11. The smallest absolute Gasteiger partial charge is 0.167 e. The number of hydrogen-bond acceptors (Lipinski definition) is 6. The summed E-state index contributed by atoms with van der Waals surface area (Å²) in [6.07, 6.45) is 1.29. The third kappa shape index (κ3) is 10.0. The molecule has 0 spiro atoms. The molecule has 2 unspecified atom stereocenters. The molecule has 0 saturated heterocycles. The molecule has 0 heterocycles. The second-order valence-corrected chi connectivity index (χ2v) is 9.14. The quantitative estimate of drug-likeness (QED) is 0.314. The van der Waals surface area contributed by atoms with Gasteiger partial charge in [-0.2, -0.15) is 0 Å². The van der Waals surface area contributed by atoms with Crippen LogP contribution in [0.4, 0.5) is 0 Å². The highest BCUT2D eigenvalue weighted by molar-refractivity contribution is 5.99. The zero-order chi connectivity index (χ0) is 25.1. The average molecular weight is 505 g/mol. The Kier molecular flexibility index (Phi) is 13.6. The zero-order valence-electron chi connectivity index (χ0n) is 22.0. The molecular formula is C28H41ClN2O4. The van der Waals surface area contributed by atoms with Crippen molar-refractivity contribution in [2.45, 2.75) is 26.7 Å². The summed E-state index contributed by atoms with van der Waals surface area (Å²) >= 11 is 0. The second-order valence-electron chi connectivity index (χ2n) is 9.14. The van der Waals surface area contributed by atoms with Crippen molar-refractivity contribution in [2.24, 2.45) is 11.8 Å². The standard InChI is InChI=1S/C28H40N2O4.ClH/c1-7-33-25-15-11-21(12-16-25)27(31)23(19-29(3)4)9-10-24(20-30(5)6)28(32)22-13-17-26(18-14-22)34-8-2;/h11-18,23-24H,7-10,19-20H2,1-6H3;1H. The highest BCUT2D eigenvalue weighted by Gasteiger charge is 2.26. The van der Waals surface area contributed by atoms with Crippen molar-refractivity contribution in [1.82, 2.24) is 9.80 Å². The van der Waals surface area contributed by atoms with Crippen LogP contribution < -0.4 is 9.47 Å². The van der Waals surface area contributed by atoms with Crippen molar-refractivity contribution < 1.29 is 19.1 Å². The number of carbonyl (C=O) groups is 2. The van der Waals surface area contributed by atoms with E-state index in [1.54, 1.807) is 0 Å². The molecule has 0 aromatic heterocycles. The van der Waals surface area contributed by atoms with E-state index in [0.717, 1.165) is 11.5 Å². The van der Waals surface area contributed by atoms with Gasteiger partial charge in [0.1, 0.15) is 11.5 Å². The molecule has 0 radical (unpaired) electrons. The Hall–Kier alpha value is -2.41. The molecule has 0 aliphatic heterocycles. The van der Waals surface area contributed by atoms with E-state index in [-0.39, 0.29) is 35.8 Å². The minimum atomic E-state index is -0.189. The van der Waals surface area contributed by atoms with Crippen molar-refractivity contribution in [3.63, 3.8) is 0 Å². The molecule has 0 aliphatic rings. The molecular weight excluding hydrogens is 464 g/mol. The van der Waals surface area contributed by atoms with Gasteiger partial charge in [-0.1, -0.05) is 0 Å². The van der Waals surface area contributed by atoms with Gasteiger partial charge in [0.05, 0.1) is 13.2 Å². The number of halogens is 1. The molecule has 0 amide bonds. The lowest BCUT2D eigenvalue weighted by molar-refractivity contribution is 0.0834. The third-order valence-electron chi connectivity index (χ3n) is 5.68. The molecule has 2 aromatic rings. The van der Waals surface area contributed by atoms with Crippen molar-refractivity contribution in [3.05, 3.63) is 59.7 Å².